The number of hydrogen-bond acceptors (Lipinski definition) is 4. The Hall–Kier alpha value is -2.30. The SMILES string of the molecule is Cc1cccc(N2CCN(Cc3cc(=O)oc4cc(C)c(Cl)cc34)CC2)c1. The zero-order chi connectivity index (χ0) is 19.0. The van der Waals surface area contributed by atoms with E-state index in [4.69, 9.17) is 16.0 Å². The molecule has 0 aliphatic carbocycles. The fraction of sp³-hybridized carbons (Fsp3) is 0.318. The molecule has 140 valence electrons. The van der Waals surface area contributed by atoms with Crippen LogP contribution in [0.3, 0.4) is 0 Å². The molecule has 5 heteroatoms. The van der Waals surface area contributed by atoms with Crippen LogP contribution in [0.25, 0.3) is 11.0 Å². The van der Waals surface area contributed by atoms with Crippen LogP contribution in [0.1, 0.15) is 16.7 Å². The van der Waals surface area contributed by atoms with Crippen LogP contribution in [0.5, 0.6) is 0 Å². The predicted octanol–water partition coefficient (Wildman–Crippen LogP) is 4.39. The minimum Gasteiger partial charge on any atom is -0.423 e. The quantitative estimate of drug-likeness (QED) is 0.630. The second-order valence-electron chi connectivity index (χ2n) is 7.29. The van der Waals surface area contributed by atoms with E-state index < -0.39 is 0 Å². The summed E-state index contributed by atoms with van der Waals surface area (Å²) < 4.78 is 5.37. The normalized spacial score (nSPS) is 15.4. The lowest BCUT2D eigenvalue weighted by Gasteiger charge is -2.36. The van der Waals surface area contributed by atoms with Gasteiger partial charge in [0.2, 0.25) is 0 Å². The summed E-state index contributed by atoms with van der Waals surface area (Å²) in [5.74, 6) is 0. The Morgan fingerprint density at radius 1 is 1.04 bits per heavy atom. The first-order valence-electron chi connectivity index (χ1n) is 9.26. The molecule has 1 fully saturated rings. The molecule has 0 spiro atoms. The predicted molar refractivity (Wildman–Crippen MR) is 111 cm³/mol. The summed E-state index contributed by atoms with van der Waals surface area (Å²) in [4.78, 5) is 16.8. The van der Waals surface area contributed by atoms with E-state index >= 15 is 0 Å². The molecule has 0 saturated carbocycles. The van der Waals surface area contributed by atoms with Crippen molar-refractivity contribution in [1.82, 2.24) is 4.90 Å². The summed E-state index contributed by atoms with van der Waals surface area (Å²) in [5.41, 5.74) is 4.76. The van der Waals surface area contributed by atoms with E-state index in [0.29, 0.717) is 10.6 Å². The first-order valence-corrected chi connectivity index (χ1v) is 9.64. The summed E-state index contributed by atoms with van der Waals surface area (Å²) in [5, 5.41) is 1.62. The van der Waals surface area contributed by atoms with Gasteiger partial charge in [0.15, 0.2) is 0 Å². The smallest absolute Gasteiger partial charge is 0.336 e. The summed E-state index contributed by atoms with van der Waals surface area (Å²) >= 11 is 6.30. The molecule has 2 aromatic carbocycles. The van der Waals surface area contributed by atoms with Gasteiger partial charge in [0.1, 0.15) is 5.58 Å². The molecule has 1 aliphatic rings. The highest BCUT2D eigenvalue weighted by atomic mass is 35.5. The first kappa shape index (κ1) is 18.1. The van der Waals surface area contributed by atoms with Crippen LogP contribution in [0.4, 0.5) is 5.69 Å². The van der Waals surface area contributed by atoms with Crippen molar-refractivity contribution in [3.63, 3.8) is 0 Å². The van der Waals surface area contributed by atoms with E-state index in [9.17, 15) is 4.79 Å². The molecule has 1 aliphatic heterocycles. The number of benzene rings is 2. The third-order valence-corrected chi connectivity index (χ3v) is 5.65. The summed E-state index contributed by atoms with van der Waals surface area (Å²) in [7, 11) is 0. The van der Waals surface area contributed by atoms with E-state index in [1.54, 1.807) is 6.07 Å². The van der Waals surface area contributed by atoms with E-state index in [2.05, 4.69) is 41.0 Å². The van der Waals surface area contributed by atoms with Crippen molar-refractivity contribution >= 4 is 28.3 Å². The molecular formula is C22H23ClN2O2. The van der Waals surface area contributed by atoms with Gasteiger partial charge in [0.25, 0.3) is 0 Å². The van der Waals surface area contributed by atoms with Gasteiger partial charge < -0.3 is 9.32 Å². The number of rotatable bonds is 3. The van der Waals surface area contributed by atoms with Crippen LogP contribution in [0, 0.1) is 13.8 Å². The second kappa shape index (κ2) is 7.37. The van der Waals surface area contributed by atoms with Crippen LogP contribution in [-0.4, -0.2) is 31.1 Å². The summed E-state index contributed by atoms with van der Waals surface area (Å²) in [6, 6.07) is 14.0. The summed E-state index contributed by atoms with van der Waals surface area (Å²) in [6.07, 6.45) is 0. The van der Waals surface area contributed by atoms with Crippen LogP contribution in [0.2, 0.25) is 5.02 Å². The number of nitrogens with zero attached hydrogens (tertiary/aromatic N) is 2. The zero-order valence-electron chi connectivity index (χ0n) is 15.7. The van der Waals surface area contributed by atoms with Crippen molar-refractivity contribution in [3.8, 4) is 0 Å². The van der Waals surface area contributed by atoms with Crippen molar-refractivity contribution in [2.75, 3.05) is 31.1 Å². The van der Waals surface area contributed by atoms with E-state index in [0.717, 1.165) is 49.2 Å². The number of halogens is 1. The van der Waals surface area contributed by atoms with Crippen LogP contribution >= 0.6 is 11.6 Å². The van der Waals surface area contributed by atoms with E-state index in [1.807, 2.05) is 19.1 Å². The van der Waals surface area contributed by atoms with Gasteiger partial charge in [0.05, 0.1) is 0 Å². The van der Waals surface area contributed by atoms with Crippen molar-refractivity contribution < 1.29 is 4.42 Å². The average Bonchev–Trinajstić information content (AvgIpc) is 2.64. The maximum Gasteiger partial charge on any atom is 0.336 e. The molecule has 27 heavy (non-hydrogen) atoms. The Labute approximate surface area is 164 Å². The van der Waals surface area contributed by atoms with E-state index in [1.165, 1.54) is 11.3 Å². The zero-order valence-corrected chi connectivity index (χ0v) is 16.4. The molecule has 0 bridgehead atoms. The number of hydrogen-bond donors (Lipinski definition) is 0. The van der Waals surface area contributed by atoms with Gasteiger partial charge in [0, 0.05) is 54.9 Å². The Morgan fingerprint density at radius 3 is 2.56 bits per heavy atom. The molecular weight excluding hydrogens is 360 g/mol. The topological polar surface area (TPSA) is 36.7 Å². The lowest BCUT2D eigenvalue weighted by atomic mass is 10.1. The Morgan fingerprint density at radius 2 is 1.81 bits per heavy atom. The van der Waals surface area contributed by atoms with Crippen molar-refractivity contribution in [1.29, 1.82) is 0 Å². The average molecular weight is 383 g/mol. The van der Waals surface area contributed by atoms with Gasteiger partial charge in [-0.25, -0.2) is 4.79 Å². The minimum atomic E-state index is -0.308. The van der Waals surface area contributed by atoms with Gasteiger partial charge in [-0.05, 0) is 54.8 Å². The Kier molecular flexibility index (Phi) is 4.94. The van der Waals surface area contributed by atoms with Gasteiger partial charge in [-0.2, -0.15) is 0 Å². The van der Waals surface area contributed by atoms with Crippen molar-refractivity contribution in [3.05, 3.63) is 74.6 Å². The molecule has 1 aromatic heterocycles. The fourth-order valence-corrected chi connectivity index (χ4v) is 3.87. The minimum absolute atomic E-state index is 0.308. The Balaban J connectivity index is 1.52. The van der Waals surface area contributed by atoms with Gasteiger partial charge in [-0.1, -0.05) is 23.7 Å². The maximum atomic E-state index is 12.0. The number of aryl methyl sites for hydroxylation is 2. The van der Waals surface area contributed by atoms with Crippen molar-refractivity contribution in [2.45, 2.75) is 20.4 Å². The monoisotopic (exact) mass is 382 g/mol. The Bertz CT molecular complexity index is 1040. The van der Waals surface area contributed by atoms with Crippen LogP contribution in [0.15, 0.2) is 51.7 Å². The molecule has 4 rings (SSSR count). The highest BCUT2D eigenvalue weighted by Gasteiger charge is 2.19. The molecule has 0 unspecified atom stereocenters. The van der Waals surface area contributed by atoms with Crippen LogP contribution < -0.4 is 10.5 Å². The largest absolute Gasteiger partial charge is 0.423 e. The molecule has 3 aromatic rings. The first-order chi connectivity index (χ1) is 13.0. The summed E-state index contributed by atoms with van der Waals surface area (Å²) in [6.45, 7) is 8.62. The van der Waals surface area contributed by atoms with E-state index in [-0.39, 0.29) is 5.63 Å². The molecule has 0 atom stereocenters. The lowest BCUT2D eigenvalue weighted by molar-refractivity contribution is 0.250. The molecule has 0 N–H and O–H groups in total. The fourth-order valence-electron chi connectivity index (χ4n) is 3.71. The highest BCUT2D eigenvalue weighted by molar-refractivity contribution is 6.32. The number of anilines is 1. The highest BCUT2D eigenvalue weighted by Crippen LogP contribution is 2.26. The second-order valence-corrected chi connectivity index (χ2v) is 7.70. The molecule has 0 radical (unpaired) electrons. The molecule has 0 amide bonds. The van der Waals surface area contributed by atoms with Gasteiger partial charge in [-0.15, -0.1) is 0 Å². The lowest BCUT2D eigenvalue weighted by Crippen LogP contribution is -2.46. The third-order valence-electron chi connectivity index (χ3n) is 5.24. The van der Waals surface area contributed by atoms with Gasteiger partial charge in [-0.3, -0.25) is 4.90 Å². The third kappa shape index (κ3) is 3.87. The number of piperazine rings is 1. The van der Waals surface area contributed by atoms with Gasteiger partial charge >= 0.3 is 5.63 Å². The maximum absolute atomic E-state index is 12.0. The van der Waals surface area contributed by atoms with Crippen molar-refractivity contribution in [2.24, 2.45) is 0 Å². The standard InChI is InChI=1S/C22H23ClN2O2/c1-15-4-3-5-18(10-15)25-8-6-24(7-9-25)14-17-12-22(26)27-21-11-16(2)20(23)13-19(17)21/h3-5,10-13H,6-9,14H2,1-2H3. The molecule has 2 heterocycles. The van der Waals surface area contributed by atoms with Crippen LogP contribution in [-0.2, 0) is 6.54 Å². The number of fused-ring (bicyclic) bond motifs is 1. The molecule has 4 nitrogen and oxygen atoms in total. The molecule has 1 saturated heterocycles.